The van der Waals surface area contributed by atoms with Crippen LogP contribution in [0.2, 0.25) is 0 Å². The van der Waals surface area contributed by atoms with Crippen molar-refractivity contribution in [3.63, 3.8) is 0 Å². The van der Waals surface area contributed by atoms with Crippen LogP contribution in [0.25, 0.3) is 0 Å². The predicted octanol–water partition coefficient (Wildman–Crippen LogP) is 2.00. The Morgan fingerprint density at radius 1 is 1.35 bits per heavy atom. The van der Waals surface area contributed by atoms with Crippen LogP contribution in [0.4, 0.5) is 5.69 Å². The number of anilines is 1. The molecule has 90 valence electrons. The number of hydrogen-bond donors (Lipinski definition) is 1. The fraction of sp³-hybridized carbons (Fsp3) is 0.500. The monoisotopic (exact) mass is 229 g/mol. The third-order valence-corrected chi connectivity index (χ3v) is 3.22. The van der Waals surface area contributed by atoms with Gasteiger partial charge >= 0.3 is 0 Å². The standard InChI is InChI=1S/C14H19N3/c1-11-7-12(2)9-14(8-11)17-6-5-16-10-13(17)3-4-15/h7-9,13,16H,3,5-6,10H2,1-2H3. The summed E-state index contributed by atoms with van der Waals surface area (Å²) in [4.78, 5) is 2.36. The van der Waals surface area contributed by atoms with Crippen LogP contribution in [-0.4, -0.2) is 25.7 Å². The molecule has 0 amide bonds. The number of rotatable bonds is 2. The highest BCUT2D eigenvalue weighted by Crippen LogP contribution is 2.22. The highest BCUT2D eigenvalue weighted by molar-refractivity contribution is 5.52. The number of nitrogens with one attached hydrogen (secondary N) is 1. The zero-order valence-corrected chi connectivity index (χ0v) is 10.5. The molecule has 0 aromatic heterocycles. The maximum absolute atomic E-state index is 8.89. The summed E-state index contributed by atoms with van der Waals surface area (Å²) in [5.41, 5.74) is 3.83. The Labute approximate surface area is 103 Å². The summed E-state index contributed by atoms with van der Waals surface area (Å²) in [6, 6.07) is 9.19. The Balaban J connectivity index is 2.26. The summed E-state index contributed by atoms with van der Waals surface area (Å²) in [6.07, 6.45) is 0.583. The van der Waals surface area contributed by atoms with Gasteiger partial charge in [0.25, 0.3) is 0 Å². The van der Waals surface area contributed by atoms with Crippen LogP contribution < -0.4 is 10.2 Å². The molecule has 1 aliphatic heterocycles. The van der Waals surface area contributed by atoms with Crippen LogP contribution in [-0.2, 0) is 0 Å². The molecule has 17 heavy (non-hydrogen) atoms. The number of benzene rings is 1. The first-order chi connectivity index (χ1) is 8.20. The van der Waals surface area contributed by atoms with Crippen molar-refractivity contribution in [1.82, 2.24) is 5.32 Å². The molecule has 1 atom stereocenters. The molecule has 1 saturated heterocycles. The van der Waals surface area contributed by atoms with E-state index in [1.165, 1.54) is 16.8 Å². The topological polar surface area (TPSA) is 39.1 Å². The summed E-state index contributed by atoms with van der Waals surface area (Å²) in [6.45, 7) is 7.13. The summed E-state index contributed by atoms with van der Waals surface area (Å²) >= 11 is 0. The molecule has 1 aromatic rings. The van der Waals surface area contributed by atoms with Crippen LogP contribution in [0.5, 0.6) is 0 Å². The van der Waals surface area contributed by atoms with E-state index in [1.54, 1.807) is 0 Å². The van der Waals surface area contributed by atoms with Gasteiger partial charge in [0.05, 0.1) is 18.5 Å². The second-order valence-corrected chi connectivity index (χ2v) is 4.76. The minimum Gasteiger partial charge on any atom is -0.365 e. The van der Waals surface area contributed by atoms with Crippen molar-refractivity contribution in [1.29, 1.82) is 5.26 Å². The minimum atomic E-state index is 0.301. The van der Waals surface area contributed by atoms with E-state index in [0.717, 1.165) is 19.6 Å². The van der Waals surface area contributed by atoms with Gasteiger partial charge in [-0.1, -0.05) is 6.07 Å². The van der Waals surface area contributed by atoms with Gasteiger partial charge in [-0.15, -0.1) is 0 Å². The Morgan fingerprint density at radius 2 is 2.06 bits per heavy atom. The van der Waals surface area contributed by atoms with Crippen molar-refractivity contribution in [2.24, 2.45) is 0 Å². The van der Waals surface area contributed by atoms with Gasteiger partial charge in [-0.3, -0.25) is 0 Å². The predicted molar refractivity (Wildman–Crippen MR) is 70.1 cm³/mol. The summed E-state index contributed by atoms with van der Waals surface area (Å²) in [7, 11) is 0. The maximum atomic E-state index is 8.89. The number of nitrogens with zero attached hydrogens (tertiary/aromatic N) is 2. The van der Waals surface area contributed by atoms with Crippen molar-refractivity contribution < 1.29 is 0 Å². The van der Waals surface area contributed by atoms with Crippen LogP contribution >= 0.6 is 0 Å². The van der Waals surface area contributed by atoms with Crippen molar-refractivity contribution >= 4 is 5.69 Å². The lowest BCUT2D eigenvalue weighted by Gasteiger charge is -2.37. The molecule has 0 radical (unpaired) electrons. The van der Waals surface area contributed by atoms with Crippen molar-refractivity contribution in [2.75, 3.05) is 24.5 Å². The molecule has 3 heteroatoms. The zero-order chi connectivity index (χ0) is 12.3. The van der Waals surface area contributed by atoms with Gasteiger partial charge in [-0.25, -0.2) is 0 Å². The largest absolute Gasteiger partial charge is 0.365 e. The van der Waals surface area contributed by atoms with E-state index < -0.39 is 0 Å². The number of nitriles is 1. The highest BCUT2D eigenvalue weighted by atomic mass is 15.2. The first-order valence-electron chi connectivity index (χ1n) is 6.13. The molecule has 1 unspecified atom stereocenters. The Morgan fingerprint density at radius 3 is 2.71 bits per heavy atom. The van der Waals surface area contributed by atoms with E-state index in [0.29, 0.717) is 12.5 Å². The second-order valence-electron chi connectivity index (χ2n) is 4.76. The fourth-order valence-electron chi connectivity index (χ4n) is 2.51. The zero-order valence-electron chi connectivity index (χ0n) is 10.5. The van der Waals surface area contributed by atoms with Gasteiger partial charge < -0.3 is 10.2 Å². The molecule has 1 heterocycles. The van der Waals surface area contributed by atoms with Gasteiger partial charge in [0, 0.05) is 25.3 Å². The number of aryl methyl sites for hydroxylation is 2. The molecule has 1 N–H and O–H groups in total. The lowest BCUT2D eigenvalue weighted by Crippen LogP contribution is -2.51. The normalized spacial score (nSPS) is 20.1. The molecule has 0 bridgehead atoms. The molecule has 3 nitrogen and oxygen atoms in total. The van der Waals surface area contributed by atoms with E-state index in [9.17, 15) is 0 Å². The van der Waals surface area contributed by atoms with Crippen molar-refractivity contribution in [2.45, 2.75) is 26.3 Å². The Hall–Kier alpha value is -1.53. The first kappa shape index (κ1) is 11.9. The van der Waals surface area contributed by atoms with E-state index in [-0.39, 0.29) is 0 Å². The fourth-order valence-corrected chi connectivity index (χ4v) is 2.51. The molecule has 1 aromatic carbocycles. The average molecular weight is 229 g/mol. The van der Waals surface area contributed by atoms with Crippen LogP contribution in [0, 0.1) is 25.2 Å². The van der Waals surface area contributed by atoms with E-state index in [4.69, 9.17) is 5.26 Å². The van der Waals surface area contributed by atoms with Gasteiger partial charge in [0.1, 0.15) is 0 Å². The Kier molecular flexibility index (Phi) is 3.65. The smallest absolute Gasteiger partial charge is 0.0643 e. The van der Waals surface area contributed by atoms with Crippen molar-refractivity contribution in [3.8, 4) is 6.07 Å². The molecule has 1 fully saturated rings. The van der Waals surface area contributed by atoms with Crippen LogP contribution in [0.1, 0.15) is 17.5 Å². The summed E-state index contributed by atoms with van der Waals surface area (Å²) in [5.74, 6) is 0. The van der Waals surface area contributed by atoms with E-state index in [1.807, 2.05) is 0 Å². The second kappa shape index (κ2) is 5.20. The maximum Gasteiger partial charge on any atom is 0.0643 e. The molecule has 0 aliphatic carbocycles. The summed E-state index contributed by atoms with van der Waals surface area (Å²) in [5, 5.41) is 12.2. The van der Waals surface area contributed by atoms with E-state index >= 15 is 0 Å². The average Bonchev–Trinajstić information content (AvgIpc) is 2.29. The van der Waals surface area contributed by atoms with E-state index in [2.05, 4.69) is 48.3 Å². The molecule has 0 spiro atoms. The third-order valence-electron chi connectivity index (χ3n) is 3.22. The SMILES string of the molecule is Cc1cc(C)cc(N2CCNCC2CC#N)c1. The number of hydrogen-bond acceptors (Lipinski definition) is 3. The highest BCUT2D eigenvalue weighted by Gasteiger charge is 2.22. The van der Waals surface area contributed by atoms with Crippen molar-refractivity contribution in [3.05, 3.63) is 29.3 Å². The van der Waals surface area contributed by atoms with Gasteiger partial charge in [0.2, 0.25) is 0 Å². The number of piperazine rings is 1. The minimum absolute atomic E-state index is 0.301. The van der Waals surface area contributed by atoms with Gasteiger partial charge in [-0.05, 0) is 37.1 Å². The van der Waals surface area contributed by atoms with Gasteiger partial charge in [0.15, 0.2) is 0 Å². The lowest BCUT2D eigenvalue weighted by molar-refractivity contribution is 0.481. The van der Waals surface area contributed by atoms with Crippen LogP contribution in [0.3, 0.4) is 0 Å². The lowest BCUT2D eigenvalue weighted by atomic mass is 10.1. The van der Waals surface area contributed by atoms with Gasteiger partial charge in [-0.2, -0.15) is 5.26 Å². The van der Waals surface area contributed by atoms with Crippen LogP contribution in [0.15, 0.2) is 18.2 Å². The molecule has 1 aliphatic rings. The molecular weight excluding hydrogens is 210 g/mol. The first-order valence-corrected chi connectivity index (χ1v) is 6.13. The third kappa shape index (κ3) is 2.78. The quantitative estimate of drug-likeness (QED) is 0.843. The molecular formula is C14H19N3. The molecule has 0 saturated carbocycles. The Bertz CT molecular complexity index is 413. The summed E-state index contributed by atoms with van der Waals surface area (Å²) < 4.78 is 0. The molecule has 2 rings (SSSR count).